The van der Waals surface area contributed by atoms with E-state index in [-0.39, 0.29) is 5.82 Å². The Hall–Kier alpha value is -1.19. The van der Waals surface area contributed by atoms with Crippen LogP contribution in [0.1, 0.15) is 18.9 Å². The van der Waals surface area contributed by atoms with Gasteiger partial charge in [0.05, 0.1) is 0 Å². The minimum atomic E-state index is -0.150. The van der Waals surface area contributed by atoms with Crippen molar-refractivity contribution in [3.63, 3.8) is 0 Å². The highest BCUT2D eigenvalue weighted by atomic mass is 32.1. The smallest absolute Gasteiger partial charge is 0.131 e. The number of nitrogens with one attached hydrogen (secondary N) is 1. The molecule has 1 N–H and O–H groups in total. The average molecular weight is 249 g/mol. The highest BCUT2D eigenvalue weighted by molar-refractivity contribution is 7.08. The van der Waals surface area contributed by atoms with Gasteiger partial charge >= 0.3 is 0 Å². The van der Waals surface area contributed by atoms with Gasteiger partial charge in [-0.15, -0.1) is 0 Å². The van der Waals surface area contributed by atoms with Gasteiger partial charge in [0.1, 0.15) is 5.82 Å². The first-order chi connectivity index (χ1) is 8.31. The van der Waals surface area contributed by atoms with Gasteiger partial charge in [-0.25, -0.2) is 4.39 Å². The van der Waals surface area contributed by atoms with Crippen LogP contribution in [0.2, 0.25) is 0 Å². The van der Waals surface area contributed by atoms with Crippen molar-refractivity contribution in [1.29, 1.82) is 0 Å². The van der Waals surface area contributed by atoms with E-state index < -0.39 is 0 Å². The minimum Gasteiger partial charge on any atom is -0.313 e. The van der Waals surface area contributed by atoms with Crippen LogP contribution in [-0.4, -0.2) is 6.54 Å². The lowest BCUT2D eigenvalue weighted by molar-refractivity contribution is 0.628. The van der Waals surface area contributed by atoms with Crippen molar-refractivity contribution in [2.24, 2.45) is 0 Å². The third-order valence-corrected chi connectivity index (χ3v) is 3.30. The van der Waals surface area contributed by atoms with Crippen LogP contribution in [0.3, 0.4) is 0 Å². The average Bonchev–Trinajstić information content (AvgIpc) is 2.85. The van der Waals surface area contributed by atoms with Crippen LogP contribution in [0.25, 0.3) is 11.1 Å². The zero-order valence-corrected chi connectivity index (χ0v) is 10.7. The molecule has 0 bridgehead atoms. The molecular weight excluding hydrogens is 233 g/mol. The van der Waals surface area contributed by atoms with E-state index in [4.69, 9.17) is 0 Å². The molecule has 0 amide bonds. The van der Waals surface area contributed by atoms with E-state index in [1.54, 1.807) is 17.4 Å². The summed E-state index contributed by atoms with van der Waals surface area (Å²) in [6, 6.07) is 7.27. The van der Waals surface area contributed by atoms with Crippen LogP contribution >= 0.6 is 11.3 Å². The summed E-state index contributed by atoms with van der Waals surface area (Å²) in [7, 11) is 0. The van der Waals surface area contributed by atoms with Crippen LogP contribution in [-0.2, 0) is 6.54 Å². The van der Waals surface area contributed by atoms with E-state index in [1.807, 2.05) is 29.0 Å². The fourth-order valence-corrected chi connectivity index (χ4v) is 2.39. The van der Waals surface area contributed by atoms with Crippen molar-refractivity contribution in [2.75, 3.05) is 6.54 Å². The van der Waals surface area contributed by atoms with Crippen molar-refractivity contribution < 1.29 is 4.39 Å². The first-order valence-corrected chi connectivity index (χ1v) is 6.77. The highest BCUT2D eigenvalue weighted by Crippen LogP contribution is 2.26. The second-order valence-electron chi connectivity index (χ2n) is 4.00. The van der Waals surface area contributed by atoms with E-state index in [9.17, 15) is 4.39 Å². The molecule has 2 rings (SSSR count). The van der Waals surface area contributed by atoms with Gasteiger partial charge < -0.3 is 5.32 Å². The SMILES string of the molecule is CCCNCc1ccc(F)c(-c2ccsc2)c1. The summed E-state index contributed by atoms with van der Waals surface area (Å²) in [6.07, 6.45) is 1.11. The van der Waals surface area contributed by atoms with Gasteiger partial charge in [-0.2, -0.15) is 11.3 Å². The first-order valence-electron chi connectivity index (χ1n) is 5.83. The van der Waals surface area contributed by atoms with Gasteiger partial charge in [0, 0.05) is 12.1 Å². The zero-order chi connectivity index (χ0) is 12.1. The molecule has 0 saturated heterocycles. The third kappa shape index (κ3) is 3.14. The molecule has 1 nitrogen and oxygen atoms in total. The molecule has 0 atom stereocenters. The Balaban J connectivity index is 2.18. The number of hydrogen-bond acceptors (Lipinski definition) is 2. The number of hydrogen-bond donors (Lipinski definition) is 1. The molecule has 1 aromatic carbocycles. The molecule has 0 aliphatic carbocycles. The summed E-state index contributed by atoms with van der Waals surface area (Å²) in [4.78, 5) is 0. The Morgan fingerprint density at radius 1 is 1.29 bits per heavy atom. The summed E-state index contributed by atoms with van der Waals surface area (Å²) in [5.41, 5.74) is 2.79. The fraction of sp³-hybridized carbons (Fsp3) is 0.286. The molecule has 0 unspecified atom stereocenters. The van der Waals surface area contributed by atoms with Crippen molar-refractivity contribution >= 4 is 11.3 Å². The molecule has 0 radical (unpaired) electrons. The van der Waals surface area contributed by atoms with Gasteiger partial charge in [-0.1, -0.05) is 13.0 Å². The number of rotatable bonds is 5. The van der Waals surface area contributed by atoms with Crippen molar-refractivity contribution in [3.05, 3.63) is 46.4 Å². The van der Waals surface area contributed by atoms with E-state index in [1.165, 1.54) is 0 Å². The Morgan fingerprint density at radius 3 is 2.88 bits per heavy atom. The molecule has 0 fully saturated rings. The number of halogens is 1. The maximum atomic E-state index is 13.7. The van der Waals surface area contributed by atoms with E-state index in [0.717, 1.165) is 30.6 Å². The minimum absolute atomic E-state index is 0.150. The second-order valence-corrected chi connectivity index (χ2v) is 4.78. The van der Waals surface area contributed by atoms with Crippen LogP contribution in [0.4, 0.5) is 4.39 Å². The van der Waals surface area contributed by atoms with Crippen molar-refractivity contribution in [1.82, 2.24) is 5.32 Å². The van der Waals surface area contributed by atoms with Gasteiger partial charge in [-0.3, -0.25) is 0 Å². The van der Waals surface area contributed by atoms with Crippen LogP contribution < -0.4 is 5.32 Å². The fourth-order valence-electron chi connectivity index (χ4n) is 1.73. The molecule has 90 valence electrons. The predicted molar refractivity (Wildman–Crippen MR) is 71.7 cm³/mol. The lowest BCUT2D eigenvalue weighted by Gasteiger charge is -2.06. The Kier molecular flexibility index (Phi) is 4.29. The van der Waals surface area contributed by atoms with E-state index >= 15 is 0 Å². The highest BCUT2D eigenvalue weighted by Gasteiger charge is 2.06. The zero-order valence-electron chi connectivity index (χ0n) is 9.87. The molecule has 2 aromatic rings. The van der Waals surface area contributed by atoms with Crippen LogP contribution in [0, 0.1) is 5.82 Å². The Labute approximate surface area is 105 Å². The third-order valence-electron chi connectivity index (χ3n) is 2.62. The molecular formula is C14H16FNS. The van der Waals surface area contributed by atoms with Gasteiger partial charge in [0.15, 0.2) is 0 Å². The van der Waals surface area contributed by atoms with Crippen molar-refractivity contribution in [2.45, 2.75) is 19.9 Å². The molecule has 1 aromatic heterocycles. The predicted octanol–water partition coefficient (Wildman–Crippen LogP) is 4.05. The van der Waals surface area contributed by atoms with Crippen LogP contribution in [0.15, 0.2) is 35.0 Å². The maximum Gasteiger partial charge on any atom is 0.131 e. The molecule has 17 heavy (non-hydrogen) atoms. The van der Waals surface area contributed by atoms with Gasteiger partial charge in [-0.05, 0) is 53.1 Å². The first kappa shape index (κ1) is 12.3. The quantitative estimate of drug-likeness (QED) is 0.788. The lowest BCUT2D eigenvalue weighted by Crippen LogP contribution is -2.13. The largest absolute Gasteiger partial charge is 0.313 e. The normalized spacial score (nSPS) is 10.7. The standard InChI is InChI=1S/C14H16FNS/c1-2-6-16-9-11-3-4-14(15)13(8-11)12-5-7-17-10-12/h3-5,7-8,10,16H,2,6,9H2,1H3. The summed E-state index contributed by atoms with van der Waals surface area (Å²) in [5, 5.41) is 7.27. The number of thiophene rings is 1. The topological polar surface area (TPSA) is 12.0 Å². The maximum absolute atomic E-state index is 13.7. The summed E-state index contributed by atoms with van der Waals surface area (Å²) in [6.45, 7) is 3.92. The monoisotopic (exact) mass is 249 g/mol. The summed E-state index contributed by atoms with van der Waals surface area (Å²) < 4.78 is 13.7. The Morgan fingerprint density at radius 2 is 2.18 bits per heavy atom. The molecule has 0 aliphatic rings. The molecule has 0 spiro atoms. The van der Waals surface area contributed by atoms with Gasteiger partial charge in [0.2, 0.25) is 0 Å². The second kappa shape index (κ2) is 5.94. The van der Waals surface area contributed by atoms with Crippen LogP contribution in [0.5, 0.6) is 0 Å². The summed E-state index contributed by atoms with van der Waals surface area (Å²) in [5.74, 6) is -0.150. The van der Waals surface area contributed by atoms with E-state index in [2.05, 4.69) is 12.2 Å². The van der Waals surface area contributed by atoms with Crippen molar-refractivity contribution in [3.8, 4) is 11.1 Å². The molecule has 0 saturated carbocycles. The summed E-state index contributed by atoms with van der Waals surface area (Å²) >= 11 is 1.59. The molecule has 0 aliphatic heterocycles. The Bertz CT molecular complexity index is 465. The molecule has 1 heterocycles. The lowest BCUT2D eigenvalue weighted by atomic mass is 10.1. The van der Waals surface area contributed by atoms with E-state index in [0.29, 0.717) is 5.56 Å². The molecule has 3 heteroatoms. The number of benzene rings is 1. The van der Waals surface area contributed by atoms with Gasteiger partial charge in [0.25, 0.3) is 0 Å².